The van der Waals surface area contributed by atoms with Crippen LogP contribution in [0.15, 0.2) is 48.5 Å². The number of anilines is 1. The van der Waals surface area contributed by atoms with Gasteiger partial charge in [0.2, 0.25) is 5.91 Å². The van der Waals surface area contributed by atoms with Crippen molar-refractivity contribution in [3.63, 3.8) is 0 Å². The lowest BCUT2D eigenvalue weighted by Crippen LogP contribution is -2.31. The van der Waals surface area contributed by atoms with Gasteiger partial charge in [-0.15, -0.1) is 0 Å². The molecule has 28 heavy (non-hydrogen) atoms. The highest BCUT2D eigenvalue weighted by Gasteiger charge is 2.34. The standard InChI is InChI=1S/C23H28N2O3/c26-21-9-3-18(4-10-21)17-25(23(27)19-5-6-19)20-7-11-22(12-8-20)28-16-15-24-13-1-2-14-24/h3-4,7-12,19,26H,1-2,5-6,13-17H2. The predicted octanol–water partition coefficient (Wildman–Crippen LogP) is 3.81. The second-order valence-electron chi connectivity index (χ2n) is 7.76. The SMILES string of the molecule is O=C(C1CC1)N(Cc1ccc(O)cc1)c1ccc(OCCN2CCCC2)cc1. The Morgan fingerprint density at radius 2 is 1.71 bits per heavy atom. The van der Waals surface area contributed by atoms with Crippen LogP contribution in [0.1, 0.15) is 31.2 Å². The van der Waals surface area contributed by atoms with Gasteiger partial charge in [-0.05, 0) is 80.7 Å². The summed E-state index contributed by atoms with van der Waals surface area (Å²) in [5, 5.41) is 9.49. The summed E-state index contributed by atoms with van der Waals surface area (Å²) in [6, 6.07) is 14.9. The molecule has 1 amide bonds. The minimum atomic E-state index is 0.147. The summed E-state index contributed by atoms with van der Waals surface area (Å²) in [6.45, 7) is 4.52. The number of carbonyl (C=O) groups excluding carboxylic acids is 1. The van der Waals surface area contributed by atoms with Crippen molar-refractivity contribution in [1.29, 1.82) is 0 Å². The zero-order valence-electron chi connectivity index (χ0n) is 16.2. The van der Waals surface area contributed by atoms with Crippen molar-refractivity contribution in [3.05, 3.63) is 54.1 Å². The predicted molar refractivity (Wildman–Crippen MR) is 110 cm³/mol. The quantitative estimate of drug-likeness (QED) is 0.757. The van der Waals surface area contributed by atoms with Crippen molar-refractivity contribution in [3.8, 4) is 11.5 Å². The summed E-state index contributed by atoms with van der Waals surface area (Å²) in [5.74, 6) is 1.40. The zero-order chi connectivity index (χ0) is 19.3. The number of amides is 1. The summed E-state index contributed by atoms with van der Waals surface area (Å²) in [5.41, 5.74) is 1.88. The topological polar surface area (TPSA) is 53.0 Å². The maximum Gasteiger partial charge on any atom is 0.230 e. The van der Waals surface area contributed by atoms with Crippen LogP contribution in [0.4, 0.5) is 5.69 Å². The van der Waals surface area contributed by atoms with Crippen LogP contribution < -0.4 is 9.64 Å². The van der Waals surface area contributed by atoms with Crippen LogP contribution in [-0.4, -0.2) is 42.2 Å². The number of phenols is 1. The lowest BCUT2D eigenvalue weighted by atomic mass is 10.1. The first-order valence-corrected chi connectivity index (χ1v) is 10.2. The molecule has 148 valence electrons. The van der Waals surface area contributed by atoms with Crippen LogP contribution in [0.2, 0.25) is 0 Å². The fourth-order valence-electron chi connectivity index (χ4n) is 3.65. The van der Waals surface area contributed by atoms with E-state index in [0.29, 0.717) is 13.2 Å². The molecule has 1 saturated heterocycles. The van der Waals surface area contributed by atoms with Gasteiger partial charge in [-0.2, -0.15) is 0 Å². The molecule has 1 aliphatic heterocycles. The highest BCUT2D eigenvalue weighted by Crippen LogP contribution is 2.34. The van der Waals surface area contributed by atoms with Crippen LogP contribution in [0, 0.1) is 5.92 Å². The van der Waals surface area contributed by atoms with Gasteiger partial charge < -0.3 is 14.7 Å². The Hall–Kier alpha value is -2.53. The van der Waals surface area contributed by atoms with Gasteiger partial charge in [0.25, 0.3) is 0 Å². The Morgan fingerprint density at radius 3 is 2.36 bits per heavy atom. The van der Waals surface area contributed by atoms with Crippen LogP contribution >= 0.6 is 0 Å². The van der Waals surface area contributed by atoms with Crippen LogP contribution in [0.3, 0.4) is 0 Å². The number of carbonyl (C=O) groups is 1. The van der Waals surface area contributed by atoms with Crippen LogP contribution in [0.25, 0.3) is 0 Å². The molecule has 1 aliphatic carbocycles. The molecule has 4 rings (SSSR count). The molecule has 5 heteroatoms. The van der Waals surface area contributed by atoms with Crippen molar-refractivity contribution in [2.45, 2.75) is 32.2 Å². The summed E-state index contributed by atoms with van der Waals surface area (Å²) in [4.78, 5) is 17.1. The van der Waals surface area contributed by atoms with E-state index in [1.807, 2.05) is 41.3 Å². The van der Waals surface area contributed by atoms with Gasteiger partial charge in [0, 0.05) is 18.2 Å². The highest BCUT2D eigenvalue weighted by atomic mass is 16.5. The van der Waals surface area contributed by atoms with E-state index in [2.05, 4.69) is 4.90 Å². The van der Waals surface area contributed by atoms with E-state index in [1.54, 1.807) is 12.1 Å². The van der Waals surface area contributed by atoms with Crippen LogP contribution in [-0.2, 0) is 11.3 Å². The number of hydrogen-bond acceptors (Lipinski definition) is 4. The van der Waals surface area contributed by atoms with Crippen molar-refractivity contribution in [2.75, 3.05) is 31.1 Å². The molecule has 0 aromatic heterocycles. The third-order valence-corrected chi connectivity index (χ3v) is 5.49. The molecule has 0 unspecified atom stereocenters. The van der Waals surface area contributed by atoms with Gasteiger partial charge in [0.1, 0.15) is 18.1 Å². The van der Waals surface area contributed by atoms with E-state index in [9.17, 15) is 9.90 Å². The number of nitrogens with zero attached hydrogens (tertiary/aromatic N) is 2. The minimum Gasteiger partial charge on any atom is -0.508 e. The molecule has 0 spiro atoms. The smallest absolute Gasteiger partial charge is 0.230 e. The number of phenolic OH excluding ortho intramolecular Hbond substituents is 1. The van der Waals surface area contributed by atoms with E-state index in [0.717, 1.165) is 36.4 Å². The Balaban J connectivity index is 1.40. The first-order valence-electron chi connectivity index (χ1n) is 10.2. The summed E-state index contributed by atoms with van der Waals surface area (Å²) in [7, 11) is 0. The lowest BCUT2D eigenvalue weighted by Gasteiger charge is -2.23. The third kappa shape index (κ3) is 4.84. The highest BCUT2D eigenvalue weighted by molar-refractivity contribution is 5.96. The molecule has 0 bridgehead atoms. The van der Waals surface area contributed by atoms with E-state index in [-0.39, 0.29) is 17.6 Å². The Labute approximate surface area is 166 Å². The molecular weight excluding hydrogens is 352 g/mol. The van der Waals surface area contributed by atoms with Gasteiger partial charge in [0.05, 0.1) is 6.54 Å². The summed E-state index contributed by atoms with van der Waals surface area (Å²) < 4.78 is 5.88. The maximum absolute atomic E-state index is 12.8. The van der Waals surface area contributed by atoms with Crippen molar-refractivity contribution < 1.29 is 14.6 Å². The van der Waals surface area contributed by atoms with Gasteiger partial charge >= 0.3 is 0 Å². The fourth-order valence-corrected chi connectivity index (χ4v) is 3.65. The average molecular weight is 380 g/mol. The third-order valence-electron chi connectivity index (χ3n) is 5.49. The Kier molecular flexibility index (Phi) is 5.81. The average Bonchev–Trinajstić information content (AvgIpc) is 3.44. The molecule has 2 aliphatic rings. The minimum absolute atomic E-state index is 0.147. The molecular formula is C23H28N2O3. The molecule has 1 heterocycles. The van der Waals surface area contributed by atoms with E-state index >= 15 is 0 Å². The lowest BCUT2D eigenvalue weighted by molar-refractivity contribution is -0.119. The second kappa shape index (κ2) is 8.65. The van der Waals surface area contributed by atoms with Crippen molar-refractivity contribution in [1.82, 2.24) is 4.90 Å². The first kappa shape index (κ1) is 18.8. The number of benzene rings is 2. The molecule has 0 atom stereocenters. The number of rotatable bonds is 8. The number of hydrogen-bond donors (Lipinski definition) is 1. The van der Waals surface area contributed by atoms with Gasteiger partial charge in [-0.3, -0.25) is 9.69 Å². The monoisotopic (exact) mass is 380 g/mol. The van der Waals surface area contributed by atoms with Crippen molar-refractivity contribution >= 4 is 11.6 Å². The van der Waals surface area contributed by atoms with Crippen LogP contribution in [0.5, 0.6) is 11.5 Å². The Morgan fingerprint density at radius 1 is 1.04 bits per heavy atom. The number of aromatic hydroxyl groups is 1. The van der Waals surface area contributed by atoms with Crippen molar-refractivity contribution in [2.24, 2.45) is 5.92 Å². The maximum atomic E-state index is 12.8. The Bertz CT molecular complexity index is 778. The molecule has 2 aromatic carbocycles. The van der Waals surface area contributed by atoms with E-state index in [4.69, 9.17) is 4.74 Å². The van der Waals surface area contributed by atoms with Gasteiger partial charge in [-0.25, -0.2) is 0 Å². The van der Waals surface area contributed by atoms with Gasteiger partial charge in [-0.1, -0.05) is 12.1 Å². The molecule has 2 fully saturated rings. The van der Waals surface area contributed by atoms with E-state index < -0.39 is 0 Å². The summed E-state index contributed by atoms with van der Waals surface area (Å²) in [6.07, 6.45) is 4.53. The molecule has 0 radical (unpaired) electrons. The largest absolute Gasteiger partial charge is 0.508 e. The first-order chi connectivity index (χ1) is 13.7. The summed E-state index contributed by atoms with van der Waals surface area (Å²) >= 11 is 0. The molecule has 1 saturated carbocycles. The van der Waals surface area contributed by atoms with Gasteiger partial charge in [0.15, 0.2) is 0 Å². The molecule has 2 aromatic rings. The fraction of sp³-hybridized carbons (Fsp3) is 0.435. The molecule has 1 N–H and O–H groups in total. The van der Waals surface area contributed by atoms with E-state index in [1.165, 1.54) is 25.9 Å². The normalized spacial score (nSPS) is 16.9. The number of ether oxygens (including phenoxy) is 1. The second-order valence-corrected chi connectivity index (χ2v) is 7.76. The number of likely N-dealkylation sites (tertiary alicyclic amines) is 1. The molecule has 5 nitrogen and oxygen atoms in total. The zero-order valence-corrected chi connectivity index (χ0v) is 16.2.